The van der Waals surface area contributed by atoms with Crippen LogP contribution in [0.4, 0.5) is 0 Å². The molecule has 1 aliphatic heterocycles. The minimum atomic E-state index is 0.753. The van der Waals surface area contributed by atoms with Crippen LogP contribution in [0.15, 0.2) is 0 Å². The van der Waals surface area contributed by atoms with E-state index in [9.17, 15) is 0 Å². The van der Waals surface area contributed by atoms with E-state index < -0.39 is 0 Å². The molecule has 0 atom stereocenters. The van der Waals surface area contributed by atoms with Crippen LogP contribution in [0.3, 0.4) is 0 Å². The van der Waals surface area contributed by atoms with Crippen LogP contribution in [0.25, 0.3) is 0 Å². The van der Waals surface area contributed by atoms with Gasteiger partial charge in [0, 0.05) is 32.2 Å². The third-order valence-electron chi connectivity index (χ3n) is 2.80. The van der Waals surface area contributed by atoms with E-state index in [-0.39, 0.29) is 0 Å². The number of alkyl halides is 1. The molecule has 0 aliphatic carbocycles. The van der Waals surface area contributed by atoms with E-state index in [1.165, 1.54) is 32.4 Å². The van der Waals surface area contributed by atoms with Crippen molar-refractivity contribution in [3.63, 3.8) is 0 Å². The van der Waals surface area contributed by atoms with Crippen molar-refractivity contribution in [1.82, 2.24) is 4.90 Å². The zero-order valence-electron chi connectivity index (χ0n) is 9.17. The number of halogens is 1. The molecule has 1 aliphatic rings. The summed E-state index contributed by atoms with van der Waals surface area (Å²) < 4.78 is 5.36. The second-order valence-electron chi connectivity index (χ2n) is 4.05. The van der Waals surface area contributed by atoms with Crippen LogP contribution in [0.5, 0.6) is 0 Å². The molecule has 1 fully saturated rings. The van der Waals surface area contributed by atoms with Crippen LogP contribution in [-0.4, -0.2) is 43.6 Å². The van der Waals surface area contributed by atoms with Crippen LogP contribution in [-0.2, 0) is 4.74 Å². The van der Waals surface area contributed by atoms with Gasteiger partial charge in [0.05, 0.1) is 0 Å². The first-order chi connectivity index (χ1) is 6.86. The van der Waals surface area contributed by atoms with Crippen molar-refractivity contribution in [2.45, 2.75) is 26.2 Å². The van der Waals surface area contributed by atoms with E-state index >= 15 is 0 Å². The van der Waals surface area contributed by atoms with Crippen LogP contribution in [0.2, 0.25) is 0 Å². The lowest BCUT2D eigenvalue weighted by atomic mass is 10.00. The topological polar surface area (TPSA) is 12.5 Å². The highest BCUT2D eigenvalue weighted by atomic mass is 35.5. The third kappa shape index (κ3) is 4.63. The second-order valence-corrected chi connectivity index (χ2v) is 4.42. The van der Waals surface area contributed by atoms with Crippen molar-refractivity contribution >= 4 is 11.6 Å². The fourth-order valence-corrected chi connectivity index (χ4v) is 2.26. The molecule has 0 aromatic carbocycles. The van der Waals surface area contributed by atoms with Crippen LogP contribution in [0, 0.1) is 5.92 Å². The highest BCUT2D eigenvalue weighted by Gasteiger charge is 2.16. The molecule has 0 aromatic heterocycles. The molecule has 3 heteroatoms. The molecule has 14 heavy (non-hydrogen) atoms. The Balaban J connectivity index is 2.21. The summed E-state index contributed by atoms with van der Waals surface area (Å²) in [4.78, 5) is 2.49. The Kier molecular flexibility index (Phi) is 6.57. The van der Waals surface area contributed by atoms with Crippen molar-refractivity contribution in [3.8, 4) is 0 Å². The summed E-state index contributed by atoms with van der Waals surface area (Å²) >= 11 is 5.78. The Morgan fingerprint density at radius 1 is 1.29 bits per heavy atom. The molecule has 84 valence electrons. The monoisotopic (exact) mass is 219 g/mol. The van der Waals surface area contributed by atoms with Gasteiger partial charge in [-0.25, -0.2) is 0 Å². The lowest BCUT2D eigenvalue weighted by molar-refractivity contribution is 0.0533. The first-order valence-corrected chi connectivity index (χ1v) is 6.26. The average molecular weight is 220 g/mol. The summed E-state index contributed by atoms with van der Waals surface area (Å²) in [5.41, 5.74) is 0. The maximum absolute atomic E-state index is 5.78. The molecular formula is C11H22ClNO. The van der Waals surface area contributed by atoms with Gasteiger partial charge >= 0.3 is 0 Å². The zero-order valence-corrected chi connectivity index (χ0v) is 9.93. The predicted octanol–water partition coefficient (Wildman–Crippen LogP) is 2.36. The van der Waals surface area contributed by atoms with Crippen LogP contribution >= 0.6 is 11.6 Å². The Morgan fingerprint density at radius 2 is 2.00 bits per heavy atom. The molecule has 0 spiro atoms. The normalized spacial score (nSPS) is 19.1. The molecular weight excluding hydrogens is 198 g/mol. The van der Waals surface area contributed by atoms with Gasteiger partial charge in [0.1, 0.15) is 0 Å². The van der Waals surface area contributed by atoms with Crippen molar-refractivity contribution in [2.75, 3.05) is 38.7 Å². The first kappa shape index (κ1) is 12.3. The number of hydrogen-bond donors (Lipinski definition) is 0. The molecule has 1 saturated heterocycles. The van der Waals surface area contributed by atoms with E-state index in [4.69, 9.17) is 16.3 Å². The Labute approximate surface area is 92.6 Å². The van der Waals surface area contributed by atoms with E-state index in [1.54, 1.807) is 0 Å². The number of rotatable bonds is 6. The highest BCUT2D eigenvalue weighted by Crippen LogP contribution is 2.16. The summed E-state index contributed by atoms with van der Waals surface area (Å²) in [6.07, 6.45) is 3.67. The van der Waals surface area contributed by atoms with Gasteiger partial charge in [-0.2, -0.15) is 0 Å². The van der Waals surface area contributed by atoms with Crippen molar-refractivity contribution in [1.29, 1.82) is 0 Å². The summed E-state index contributed by atoms with van der Waals surface area (Å²) in [5.74, 6) is 1.59. The average Bonchev–Trinajstić information content (AvgIpc) is 2.20. The van der Waals surface area contributed by atoms with Gasteiger partial charge in [0.2, 0.25) is 0 Å². The van der Waals surface area contributed by atoms with Gasteiger partial charge in [-0.1, -0.05) is 6.92 Å². The third-order valence-corrected chi connectivity index (χ3v) is 2.97. The fraction of sp³-hybridized carbons (Fsp3) is 1.00. The second kappa shape index (κ2) is 7.49. The Morgan fingerprint density at radius 3 is 2.57 bits per heavy atom. The maximum Gasteiger partial charge on any atom is 0.0469 e. The van der Waals surface area contributed by atoms with Crippen LogP contribution < -0.4 is 0 Å². The molecule has 1 heterocycles. The molecule has 1 rings (SSSR count). The Hall–Kier alpha value is 0.210. The van der Waals surface area contributed by atoms with E-state index in [0.717, 1.165) is 31.6 Å². The molecule has 2 nitrogen and oxygen atoms in total. The summed E-state index contributed by atoms with van der Waals surface area (Å²) in [6, 6.07) is 0. The lowest BCUT2D eigenvalue weighted by Crippen LogP contribution is -2.34. The van der Waals surface area contributed by atoms with Gasteiger partial charge in [-0.05, 0) is 31.7 Å². The fourth-order valence-electron chi connectivity index (χ4n) is 2.02. The van der Waals surface area contributed by atoms with Gasteiger partial charge in [0.25, 0.3) is 0 Å². The van der Waals surface area contributed by atoms with Gasteiger partial charge < -0.3 is 9.64 Å². The predicted molar refractivity (Wildman–Crippen MR) is 61.0 cm³/mol. The molecule has 0 unspecified atom stereocenters. The lowest BCUT2D eigenvalue weighted by Gasteiger charge is -2.29. The zero-order chi connectivity index (χ0) is 10.2. The molecule has 0 aromatic rings. The quantitative estimate of drug-likeness (QED) is 0.636. The highest BCUT2D eigenvalue weighted by molar-refractivity contribution is 6.18. The molecule has 0 N–H and O–H groups in total. The molecule has 0 bridgehead atoms. The summed E-state index contributed by atoms with van der Waals surface area (Å²) in [6.45, 7) is 7.56. The molecule has 0 saturated carbocycles. The standard InChI is InChI=1S/C11H22ClNO/c1-2-6-13(7-5-12)10-11-3-8-14-9-4-11/h11H,2-10H2,1H3. The van der Waals surface area contributed by atoms with E-state index in [0.29, 0.717) is 0 Å². The van der Waals surface area contributed by atoms with Crippen LogP contribution in [0.1, 0.15) is 26.2 Å². The molecule has 0 radical (unpaired) electrons. The van der Waals surface area contributed by atoms with Crippen molar-refractivity contribution in [2.24, 2.45) is 5.92 Å². The first-order valence-electron chi connectivity index (χ1n) is 5.73. The smallest absolute Gasteiger partial charge is 0.0469 e. The summed E-state index contributed by atoms with van der Waals surface area (Å²) in [5, 5.41) is 0. The van der Waals surface area contributed by atoms with E-state index in [1.807, 2.05) is 0 Å². The number of nitrogens with zero attached hydrogens (tertiary/aromatic N) is 1. The number of hydrogen-bond acceptors (Lipinski definition) is 2. The maximum atomic E-state index is 5.78. The van der Waals surface area contributed by atoms with Crippen molar-refractivity contribution < 1.29 is 4.74 Å². The molecule has 0 amide bonds. The SMILES string of the molecule is CCCN(CCCl)CC1CCOCC1. The minimum Gasteiger partial charge on any atom is -0.381 e. The van der Waals surface area contributed by atoms with Crippen molar-refractivity contribution in [3.05, 3.63) is 0 Å². The number of ether oxygens (including phenoxy) is 1. The van der Waals surface area contributed by atoms with Gasteiger partial charge in [-0.3, -0.25) is 0 Å². The largest absolute Gasteiger partial charge is 0.381 e. The Bertz CT molecular complexity index is 131. The van der Waals surface area contributed by atoms with E-state index in [2.05, 4.69) is 11.8 Å². The minimum absolute atomic E-state index is 0.753. The van der Waals surface area contributed by atoms with Gasteiger partial charge in [0.15, 0.2) is 0 Å². The summed E-state index contributed by atoms with van der Waals surface area (Å²) in [7, 11) is 0. The van der Waals surface area contributed by atoms with Gasteiger partial charge in [-0.15, -0.1) is 11.6 Å².